The molecule has 0 atom stereocenters. The second-order valence-electron chi connectivity index (χ2n) is 4.52. The van der Waals surface area contributed by atoms with Gasteiger partial charge in [0, 0.05) is 26.2 Å². The maximum Gasteiger partial charge on any atom is 0.163 e. The first-order valence-electron chi connectivity index (χ1n) is 6.41. The number of hydrogen-bond donors (Lipinski definition) is 2. The van der Waals surface area contributed by atoms with Gasteiger partial charge in [-0.2, -0.15) is 0 Å². The van der Waals surface area contributed by atoms with Gasteiger partial charge in [-0.1, -0.05) is 12.1 Å². The monoisotopic (exact) mass is 256 g/mol. The molecule has 2 heterocycles. The van der Waals surface area contributed by atoms with Gasteiger partial charge >= 0.3 is 0 Å². The Morgan fingerprint density at radius 2 is 1.74 bits per heavy atom. The molecule has 1 saturated heterocycles. The fourth-order valence-electron chi connectivity index (χ4n) is 2.21. The SMILES string of the molecule is Oc1ccccc1-c1ncc(N2CCNCC2)cn1. The summed E-state index contributed by atoms with van der Waals surface area (Å²) in [6.45, 7) is 3.92. The maximum atomic E-state index is 9.78. The molecular formula is C14H16N4O. The first-order valence-corrected chi connectivity index (χ1v) is 6.41. The highest BCUT2D eigenvalue weighted by Crippen LogP contribution is 2.26. The normalized spacial score (nSPS) is 15.5. The van der Waals surface area contributed by atoms with Gasteiger partial charge in [-0.15, -0.1) is 0 Å². The van der Waals surface area contributed by atoms with Crippen molar-refractivity contribution in [2.75, 3.05) is 31.1 Å². The summed E-state index contributed by atoms with van der Waals surface area (Å²) >= 11 is 0. The van der Waals surface area contributed by atoms with E-state index in [2.05, 4.69) is 20.2 Å². The molecule has 0 spiro atoms. The number of benzene rings is 1. The topological polar surface area (TPSA) is 61.3 Å². The molecular weight excluding hydrogens is 240 g/mol. The van der Waals surface area contributed by atoms with Crippen LogP contribution in [-0.4, -0.2) is 41.3 Å². The lowest BCUT2D eigenvalue weighted by atomic mass is 10.2. The highest BCUT2D eigenvalue weighted by Gasteiger charge is 2.12. The minimum atomic E-state index is 0.206. The summed E-state index contributed by atoms with van der Waals surface area (Å²) in [5.41, 5.74) is 1.69. The van der Waals surface area contributed by atoms with Gasteiger partial charge < -0.3 is 15.3 Å². The van der Waals surface area contributed by atoms with Crippen molar-refractivity contribution in [3.63, 3.8) is 0 Å². The number of phenolic OH excluding ortho intramolecular Hbond substituents is 1. The van der Waals surface area contributed by atoms with Gasteiger partial charge in [0.15, 0.2) is 5.82 Å². The second kappa shape index (κ2) is 5.24. The van der Waals surface area contributed by atoms with Crippen molar-refractivity contribution in [2.24, 2.45) is 0 Å². The largest absolute Gasteiger partial charge is 0.507 e. The number of nitrogens with one attached hydrogen (secondary N) is 1. The number of nitrogens with zero attached hydrogens (tertiary/aromatic N) is 3. The third kappa shape index (κ3) is 2.51. The highest BCUT2D eigenvalue weighted by molar-refractivity contribution is 5.63. The minimum absolute atomic E-state index is 0.206. The van der Waals surface area contributed by atoms with Gasteiger partial charge in [0.05, 0.1) is 23.6 Å². The van der Waals surface area contributed by atoms with Crippen LogP contribution in [0.2, 0.25) is 0 Å². The molecule has 1 fully saturated rings. The Balaban J connectivity index is 1.84. The summed E-state index contributed by atoms with van der Waals surface area (Å²) < 4.78 is 0. The smallest absolute Gasteiger partial charge is 0.163 e. The lowest BCUT2D eigenvalue weighted by Gasteiger charge is -2.28. The molecule has 1 aromatic carbocycles. The Labute approximate surface area is 111 Å². The predicted molar refractivity (Wildman–Crippen MR) is 74.2 cm³/mol. The Bertz CT molecular complexity index is 550. The fourth-order valence-corrected chi connectivity index (χ4v) is 2.21. The molecule has 1 aliphatic heterocycles. The summed E-state index contributed by atoms with van der Waals surface area (Å²) in [5, 5.41) is 13.1. The number of hydrogen-bond acceptors (Lipinski definition) is 5. The first-order chi connectivity index (χ1) is 9.34. The van der Waals surface area contributed by atoms with E-state index in [0.29, 0.717) is 11.4 Å². The molecule has 0 bridgehead atoms. The number of aromatic hydroxyl groups is 1. The number of aromatic nitrogens is 2. The summed E-state index contributed by atoms with van der Waals surface area (Å²) in [5.74, 6) is 0.759. The third-order valence-electron chi connectivity index (χ3n) is 3.27. The highest BCUT2D eigenvalue weighted by atomic mass is 16.3. The molecule has 0 saturated carbocycles. The molecule has 1 aliphatic rings. The van der Waals surface area contributed by atoms with E-state index in [1.54, 1.807) is 12.1 Å². The molecule has 19 heavy (non-hydrogen) atoms. The molecule has 1 aromatic heterocycles. The minimum Gasteiger partial charge on any atom is -0.507 e. The van der Waals surface area contributed by atoms with Crippen molar-refractivity contribution in [1.82, 2.24) is 15.3 Å². The number of rotatable bonds is 2. The molecule has 98 valence electrons. The summed E-state index contributed by atoms with van der Waals surface area (Å²) in [7, 11) is 0. The average molecular weight is 256 g/mol. The molecule has 0 radical (unpaired) electrons. The van der Waals surface area contributed by atoms with Crippen LogP contribution in [0.4, 0.5) is 5.69 Å². The molecule has 5 nitrogen and oxygen atoms in total. The molecule has 2 N–H and O–H groups in total. The van der Waals surface area contributed by atoms with Gasteiger partial charge in [-0.3, -0.25) is 0 Å². The lowest BCUT2D eigenvalue weighted by molar-refractivity contribution is 0.477. The molecule has 0 unspecified atom stereocenters. The van der Waals surface area contributed by atoms with Crippen molar-refractivity contribution in [1.29, 1.82) is 0 Å². The van der Waals surface area contributed by atoms with Crippen LogP contribution in [0, 0.1) is 0 Å². The van der Waals surface area contributed by atoms with Crippen molar-refractivity contribution in [3.8, 4) is 17.1 Å². The van der Waals surface area contributed by atoms with E-state index in [1.807, 2.05) is 24.5 Å². The van der Waals surface area contributed by atoms with Crippen molar-refractivity contribution in [3.05, 3.63) is 36.7 Å². The Hall–Kier alpha value is -2.14. The van der Waals surface area contributed by atoms with Crippen molar-refractivity contribution < 1.29 is 5.11 Å². The van der Waals surface area contributed by atoms with E-state index in [-0.39, 0.29) is 5.75 Å². The van der Waals surface area contributed by atoms with Crippen LogP contribution < -0.4 is 10.2 Å². The zero-order valence-electron chi connectivity index (χ0n) is 10.6. The van der Waals surface area contributed by atoms with E-state index in [9.17, 15) is 5.11 Å². The number of piperazine rings is 1. The quantitative estimate of drug-likeness (QED) is 0.847. The van der Waals surface area contributed by atoms with Crippen molar-refractivity contribution >= 4 is 5.69 Å². The summed E-state index contributed by atoms with van der Waals surface area (Å²) in [4.78, 5) is 11.0. The zero-order chi connectivity index (χ0) is 13.1. The summed E-state index contributed by atoms with van der Waals surface area (Å²) in [6, 6.07) is 7.11. The van der Waals surface area contributed by atoms with Gasteiger partial charge in [0.2, 0.25) is 0 Å². The zero-order valence-corrected chi connectivity index (χ0v) is 10.6. The van der Waals surface area contributed by atoms with E-state index in [0.717, 1.165) is 31.9 Å². The molecule has 3 rings (SSSR count). The first kappa shape index (κ1) is 11.9. The van der Waals surface area contributed by atoms with Gasteiger partial charge in [0.1, 0.15) is 5.75 Å². The fraction of sp³-hybridized carbons (Fsp3) is 0.286. The molecule has 0 amide bonds. The number of anilines is 1. The molecule has 5 heteroatoms. The maximum absolute atomic E-state index is 9.78. The second-order valence-corrected chi connectivity index (χ2v) is 4.52. The van der Waals surface area contributed by atoms with Crippen LogP contribution in [0.1, 0.15) is 0 Å². The van der Waals surface area contributed by atoms with Gasteiger partial charge in [-0.25, -0.2) is 9.97 Å². The average Bonchev–Trinajstić information content (AvgIpc) is 2.49. The number of para-hydroxylation sites is 1. The van der Waals surface area contributed by atoms with E-state index >= 15 is 0 Å². The third-order valence-corrected chi connectivity index (χ3v) is 3.27. The lowest BCUT2D eigenvalue weighted by Crippen LogP contribution is -2.43. The van der Waals surface area contributed by atoms with E-state index in [1.165, 1.54) is 0 Å². The standard InChI is InChI=1S/C14H16N4O/c19-13-4-2-1-3-12(13)14-16-9-11(10-17-14)18-7-5-15-6-8-18/h1-4,9-10,15,19H,5-8H2. The number of phenols is 1. The summed E-state index contributed by atoms with van der Waals surface area (Å²) in [6.07, 6.45) is 3.64. The van der Waals surface area contributed by atoms with Crippen LogP contribution in [0.25, 0.3) is 11.4 Å². The predicted octanol–water partition coefficient (Wildman–Crippen LogP) is 1.26. The van der Waals surface area contributed by atoms with Crippen LogP contribution in [0.3, 0.4) is 0 Å². The van der Waals surface area contributed by atoms with Crippen LogP contribution >= 0.6 is 0 Å². The van der Waals surface area contributed by atoms with Crippen LogP contribution in [0.5, 0.6) is 5.75 Å². The van der Waals surface area contributed by atoms with Crippen molar-refractivity contribution in [2.45, 2.75) is 0 Å². The van der Waals surface area contributed by atoms with E-state index in [4.69, 9.17) is 0 Å². The Kier molecular flexibility index (Phi) is 3.29. The van der Waals surface area contributed by atoms with Crippen LogP contribution in [0.15, 0.2) is 36.7 Å². The van der Waals surface area contributed by atoms with Gasteiger partial charge in [-0.05, 0) is 12.1 Å². The van der Waals surface area contributed by atoms with Gasteiger partial charge in [0.25, 0.3) is 0 Å². The molecule has 0 aliphatic carbocycles. The van der Waals surface area contributed by atoms with Crippen LogP contribution in [-0.2, 0) is 0 Å². The molecule has 2 aromatic rings. The Morgan fingerprint density at radius 3 is 2.42 bits per heavy atom. The Morgan fingerprint density at radius 1 is 1.05 bits per heavy atom. The van der Waals surface area contributed by atoms with E-state index < -0.39 is 0 Å².